The predicted molar refractivity (Wildman–Crippen MR) is 271 cm³/mol. The smallest absolute Gasteiger partial charge is 0.435 e. The second kappa shape index (κ2) is 23.8. The van der Waals surface area contributed by atoms with Crippen LogP contribution < -0.4 is 21.7 Å². The third-order valence-electron chi connectivity index (χ3n) is 8.81. The number of ether oxygens (including phenoxy) is 4. The molecule has 6 rings (SSSR count). The first-order chi connectivity index (χ1) is 32.9. The highest BCUT2D eigenvalue weighted by atomic mass is 35.5. The molecule has 0 fully saturated rings. The molecule has 6 aromatic rings. The molecule has 0 radical (unpaired) electrons. The number of nitrogens with one attached hydrogen (secondary N) is 3. The molecule has 0 spiro atoms. The van der Waals surface area contributed by atoms with E-state index in [1.54, 1.807) is 60.0 Å². The van der Waals surface area contributed by atoms with Gasteiger partial charge in [-0.1, -0.05) is 24.3 Å². The molecule has 4 aromatic heterocycles. The fourth-order valence-electron chi connectivity index (χ4n) is 5.82. The van der Waals surface area contributed by atoms with E-state index in [1.807, 2.05) is 97.9 Å². The second-order valence-electron chi connectivity index (χ2n) is 19.9. The Hall–Kier alpha value is -7.61. The van der Waals surface area contributed by atoms with E-state index in [-0.39, 0.29) is 5.28 Å². The molecule has 0 atom stereocenters. The Bertz CT molecular complexity index is 2780. The number of aromatic nitrogens is 8. The number of halogens is 1. The van der Waals surface area contributed by atoms with Gasteiger partial charge in [-0.3, -0.25) is 0 Å². The van der Waals surface area contributed by atoms with Crippen molar-refractivity contribution in [3.8, 4) is 22.5 Å². The molecule has 71 heavy (non-hydrogen) atoms. The summed E-state index contributed by atoms with van der Waals surface area (Å²) < 4.78 is 23.0. The number of nitrogens with two attached hydrogens (primary N) is 1. The van der Waals surface area contributed by atoms with Gasteiger partial charge in [0.15, 0.2) is 0 Å². The average Bonchev–Trinajstić information content (AvgIpc) is 3.90. The van der Waals surface area contributed by atoms with Crippen LogP contribution >= 0.6 is 11.6 Å². The number of rotatable bonds is 8. The van der Waals surface area contributed by atoms with Gasteiger partial charge in [0.1, 0.15) is 22.4 Å². The van der Waals surface area contributed by atoms with Crippen LogP contribution in [0.3, 0.4) is 0 Å². The van der Waals surface area contributed by atoms with Crippen molar-refractivity contribution in [2.45, 2.75) is 132 Å². The van der Waals surface area contributed by atoms with Crippen LogP contribution in [-0.4, -0.2) is 86.3 Å². The average molecular weight is 998 g/mol. The second-order valence-corrected chi connectivity index (χ2v) is 20.3. The van der Waals surface area contributed by atoms with E-state index in [4.69, 9.17) is 36.3 Å². The first kappa shape index (κ1) is 56.0. The lowest BCUT2D eigenvalue weighted by molar-refractivity contribution is 0.0503. The Balaban J connectivity index is 0.000000259. The number of amides is 2. The summed E-state index contributed by atoms with van der Waals surface area (Å²) in [4.78, 5) is 64.0. The molecule has 0 bridgehead atoms. The summed E-state index contributed by atoms with van der Waals surface area (Å²) >= 11 is 5.82. The summed E-state index contributed by atoms with van der Waals surface area (Å²) in [5.74, 6) is 0.361. The highest BCUT2D eigenvalue weighted by Gasteiger charge is 2.21. The van der Waals surface area contributed by atoms with Crippen LogP contribution in [0, 0.1) is 13.8 Å². The van der Waals surface area contributed by atoms with Gasteiger partial charge in [-0.15, -0.1) is 0 Å². The van der Waals surface area contributed by atoms with Crippen LogP contribution in [-0.2, 0) is 32.0 Å². The number of benzene rings is 2. The highest BCUT2D eigenvalue weighted by Crippen LogP contribution is 2.24. The number of anilines is 3. The Morgan fingerprint density at radius 1 is 0.592 bits per heavy atom. The number of carbonyl (C=O) groups excluding carboxylic acids is 4. The van der Waals surface area contributed by atoms with Crippen LogP contribution in [0.1, 0.15) is 105 Å². The normalized spacial score (nSPS) is 11.4. The maximum atomic E-state index is 12.2. The van der Waals surface area contributed by atoms with Gasteiger partial charge in [0.2, 0.25) is 11.2 Å². The Kier molecular flexibility index (Phi) is 18.8. The first-order valence-corrected chi connectivity index (χ1v) is 22.8. The van der Waals surface area contributed by atoms with Gasteiger partial charge in [0.25, 0.3) is 0 Å². The number of hydrogen-bond acceptors (Lipinski definition) is 16. The molecular weight excluding hydrogens is 932 g/mol. The van der Waals surface area contributed by atoms with Crippen LogP contribution in [0.5, 0.6) is 0 Å². The van der Waals surface area contributed by atoms with Gasteiger partial charge in [-0.05, 0) is 155 Å². The molecule has 2 amide bonds. The molecule has 0 aliphatic rings. The summed E-state index contributed by atoms with van der Waals surface area (Å²) in [6, 6.07) is 15.4. The Labute approximate surface area is 419 Å². The molecule has 21 heteroatoms. The van der Waals surface area contributed by atoms with Crippen molar-refractivity contribution in [3.05, 3.63) is 113 Å². The summed E-state index contributed by atoms with van der Waals surface area (Å²) in [6.45, 7) is 26.4. The molecule has 5 N–H and O–H groups in total. The zero-order chi connectivity index (χ0) is 52.9. The molecule has 4 heterocycles. The van der Waals surface area contributed by atoms with Crippen molar-refractivity contribution in [1.29, 1.82) is 0 Å². The number of carbonyl (C=O) groups is 4. The quantitative estimate of drug-likeness (QED) is 0.0817. The lowest BCUT2D eigenvalue weighted by Crippen LogP contribution is -2.32. The number of nitrogen functional groups attached to an aromatic ring is 1. The zero-order valence-corrected chi connectivity index (χ0v) is 43.6. The fourth-order valence-corrected chi connectivity index (χ4v) is 5.96. The van der Waals surface area contributed by atoms with Crippen molar-refractivity contribution in [1.82, 2.24) is 50.1 Å². The minimum Gasteiger partial charge on any atom is -0.444 e. The number of aryl methyl sites for hydroxylation is 2. The number of hydrogen-bond donors (Lipinski definition) is 4. The van der Waals surface area contributed by atoms with E-state index in [9.17, 15) is 19.2 Å². The van der Waals surface area contributed by atoms with Crippen LogP contribution in [0.4, 0.5) is 36.5 Å². The van der Waals surface area contributed by atoms with Crippen LogP contribution in [0.15, 0.2) is 85.7 Å². The van der Waals surface area contributed by atoms with Gasteiger partial charge < -0.3 is 40.6 Å². The third-order valence-corrected chi connectivity index (χ3v) is 8.99. The summed E-state index contributed by atoms with van der Waals surface area (Å²) in [6.07, 6.45) is 7.11. The fraction of sp³-hybridized carbons (Fsp3) is 0.400. The zero-order valence-electron chi connectivity index (χ0n) is 42.8. The van der Waals surface area contributed by atoms with Crippen molar-refractivity contribution >= 4 is 53.3 Å². The molecule has 0 saturated carbocycles. The van der Waals surface area contributed by atoms with E-state index < -0.39 is 46.8 Å². The predicted octanol–water partition coefficient (Wildman–Crippen LogP) is 10.6. The van der Waals surface area contributed by atoms with Crippen molar-refractivity contribution in [2.75, 3.05) is 11.1 Å². The SMILES string of the molecule is CC(C)(C)OC(=O)n1cc(N)cn1.Cc1cc(-c2ccnc(Cl)n2)ccc1CNC(=O)OC(C)(C)C.Cc1cc(-c2ccnc(Nc3cnn(C(=O)OC(C)(C)C)c3)n2)ccc1CNC(=O)OC(C)(C)C. The molecule has 2 aromatic carbocycles. The largest absolute Gasteiger partial charge is 0.444 e. The van der Waals surface area contributed by atoms with E-state index >= 15 is 0 Å². The van der Waals surface area contributed by atoms with Crippen molar-refractivity contribution < 1.29 is 38.1 Å². The lowest BCUT2D eigenvalue weighted by atomic mass is 10.0. The molecule has 20 nitrogen and oxygen atoms in total. The van der Waals surface area contributed by atoms with Crippen LogP contribution in [0.25, 0.3) is 22.5 Å². The van der Waals surface area contributed by atoms with Gasteiger partial charge in [-0.25, -0.2) is 39.1 Å². The Morgan fingerprint density at radius 3 is 1.45 bits per heavy atom. The standard InChI is InChI=1S/C25H32N6O4.C17H20ClN3O2.C8H13N3O2/c1-16-12-17(8-9-18(16)13-27-22(32)34-24(2,3)4)20-10-11-26-21(30-20)29-19-14-28-31(15-19)23(33)35-25(5,6)7;1-11-9-12(14-7-8-19-15(18)21-14)5-6-13(11)10-20-16(22)23-17(2,3)4;1-8(2,3)13-7(12)11-5-6(9)4-10-11/h8-12,14-15H,13H2,1-7H3,(H,27,32)(H,26,29,30);5-9H,10H2,1-4H3,(H,20,22);4-5H,9H2,1-3H3. The van der Waals surface area contributed by atoms with Gasteiger partial charge in [-0.2, -0.15) is 19.6 Å². The highest BCUT2D eigenvalue weighted by molar-refractivity contribution is 6.28. The Morgan fingerprint density at radius 2 is 1.03 bits per heavy atom. The maximum Gasteiger partial charge on any atom is 0.435 e. The van der Waals surface area contributed by atoms with E-state index in [0.29, 0.717) is 30.4 Å². The van der Waals surface area contributed by atoms with Gasteiger partial charge in [0, 0.05) is 36.6 Å². The number of alkyl carbamates (subject to hydrolysis) is 2. The molecule has 0 unspecified atom stereocenters. The van der Waals surface area contributed by atoms with Crippen LogP contribution in [0.2, 0.25) is 5.28 Å². The lowest BCUT2D eigenvalue weighted by Gasteiger charge is -2.20. The minimum atomic E-state index is -0.618. The third kappa shape index (κ3) is 20.1. The molecular formula is C50H65ClN12O8. The molecule has 0 saturated heterocycles. The summed E-state index contributed by atoms with van der Waals surface area (Å²) in [5, 5.41) is 16.6. The molecule has 380 valence electrons. The molecule has 0 aliphatic carbocycles. The van der Waals surface area contributed by atoms with E-state index in [2.05, 4.69) is 46.1 Å². The molecule has 0 aliphatic heterocycles. The van der Waals surface area contributed by atoms with Crippen molar-refractivity contribution in [2.24, 2.45) is 0 Å². The monoisotopic (exact) mass is 996 g/mol. The maximum absolute atomic E-state index is 12.2. The topological polar surface area (TPSA) is 255 Å². The summed E-state index contributed by atoms with van der Waals surface area (Å²) in [7, 11) is 0. The first-order valence-electron chi connectivity index (χ1n) is 22.5. The van der Waals surface area contributed by atoms with Gasteiger partial charge in [0.05, 0.1) is 47.6 Å². The minimum absolute atomic E-state index is 0.218. The van der Waals surface area contributed by atoms with E-state index in [0.717, 1.165) is 54.1 Å². The number of nitrogens with zero attached hydrogens (tertiary/aromatic N) is 8. The van der Waals surface area contributed by atoms with Crippen molar-refractivity contribution in [3.63, 3.8) is 0 Å². The summed E-state index contributed by atoms with van der Waals surface area (Å²) in [5.41, 5.74) is 11.6. The van der Waals surface area contributed by atoms with Gasteiger partial charge >= 0.3 is 24.4 Å². The van der Waals surface area contributed by atoms with E-state index in [1.165, 1.54) is 24.8 Å².